The van der Waals surface area contributed by atoms with E-state index in [9.17, 15) is 53.7 Å². The van der Waals surface area contributed by atoms with E-state index in [1.54, 1.807) is 19.1 Å². The van der Waals surface area contributed by atoms with Crippen molar-refractivity contribution in [3.8, 4) is 5.75 Å². The van der Waals surface area contributed by atoms with E-state index in [1.165, 1.54) is 50.9 Å². The molecule has 496 valence electrons. The number of phenolic OH excluding ortho intramolecular Hbond substituents is 1. The Kier molecular flexibility index (Phi) is 35.4. The van der Waals surface area contributed by atoms with Gasteiger partial charge in [-0.15, -0.1) is 11.3 Å². The van der Waals surface area contributed by atoms with E-state index >= 15 is 4.79 Å². The quantitative estimate of drug-likeness (QED) is 0.0114. The third-order valence-electron chi connectivity index (χ3n) is 14.7. The van der Waals surface area contributed by atoms with Crippen LogP contribution in [0.15, 0.2) is 29.6 Å². The molecule has 88 heavy (non-hydrogen) atoms. The molecule has 10 atom stereocenters. The zero-order chi connectivity index (χ0) is 65.5. The van der Waals surface area contributed by atoms with Crippen LogP contribution in [0, 0.1) is 23.7 Å². The Morgan fingerprint density at radius 1 is 0.864 bits per heavy atom. The number of thiazole rings is 1. The molecule has 2 aromatic rings. The molecule has 12 N–H and O–H groups in total. The number of esters is 2. The fraction of sp³-hybridized carbons (Fsp3) is 0.695. The van der Waals surface area contributed by atoms with Gasteiger partial charge in [0.25, 0.3) is 5.91 Å². The molecular weight excluding hydrogens is 1200 g/mol. The van der Waals surface area contributed by atoms with Crippen molar-refractivity contribution in [1.82, 2.24) is 46.9 Å². The Morgan fingerprint density at radius 3 is 2.22 bits per heavy atom. The van der Waals surface area contributed by atoms with Gasteiger partial charge < -0.3 is 66.5 Å². The minimum absolute atomic E-state index is 0.00452. The number of aliphatic hydroxyl groups is 3. The van der Waals surface area contributed by atoms with Crippen LogP contribution in [-0.2, 0) is 54.2 Å². The van der Waals surface area contributed by atoms with Gasteiger partial charge in [0.05, 0.1) is 30.9 Å². The molecule has 3 rings (SSSR count). The Bertz CT molecular complexity index is 2510. The van der Waals surface area contributed by atoms with E-state index in [2.05, 4.69) is 37.1 Å². The number of carbonyl (C=O) groups excluding carboxylic acids is 9. The van der Waals surface area contributed by atoms with Gasteiger partial charge in [-0.05, 0) is 87.6 Å². The lowest BCUT2D eigenvalue weighted by atomic mass is 9.92. The summed E-state index contributed by atoms with van der Waals surface area (Å²) in [6.45, 7) is 14.4. The number of aliphatic hydroxyl groups excluding tert-OH is 3. The van der Waals surface area contributed by atoms with Gasteiger partial charge >= 0.3 is 18.0 Å². The summed E-state index contributed by atoms with van der Waals surface area (Å²) in [7, 11) is 4.68. The van der Waals surface area contributed by atoms with E-state index in [0.29, 0.717) is 24.3 Å². The fourth-order valence-corrected chi connectivity index (χ4v) is 12.1. The van der Waals surface area contributed by atoms with Crippen LogP contribution in [0.4, 0.5) is 4.79 Å². The molecule has 2 unspecified atom stereocenters. The number of rotatable bonds is 39. The zero-order valence-corrected chi connectivity index (χ0v) is 54.7. The second-order valence-electron chi connectivity index (χ2n) is 23.0. The smallest absolute Gasteiger partial charge is 0.426 e. The molecule has 0 bridgehead atoms. The second-order valence-corrected chi connectivity index (χ2v) is 26.6. The Hall–Kier alpha value is -5.82. The molecule has 0 aliphatic carbocycles. The van der Waals surface area contributed by atoms with Crippen LogP contribution in [0.25, 0.3) is 0 Å². The van der Waals surface area contributed by atoms with Crippen molar-refractivity contribution >= 4 is 86.4 Å². The molecule has 1 saturated heterocycles. The number of carbonyl (C=O) groups is 9. The van der Waals surface area contributed by atoms with Crippen LogP contribution in [0.5, 0.6) is 5.75 Å². The van der Waals surface area contributed by atoms with Crippen LogP contribution >= 0.6 is 32.9 Å². The van der Waals surface area contributed by atoms with Gasteiger partial charge in [-0.1, -0.05) is 95.0 Å². The number of aromatic hydroxyl groups is 1. The average molecular weight is 1300 g/mol. The number of phenols is 1. The lowest BCUT2D eigenvalue weighted by Gasteiger charge is -2.39. The van der Waals surface area contributed by atoms with Gasteiger partial charge in [-0.2, -0.15) is 0 Å². The molecule has 1 aliphatic rings. The number of nitrogens with zero attached hydrogens (tertiary/aromatic N) is 3. The number of hydrazine groups is 1. The summed E-state index contributed by atoms with van der Waals surface area (Å²) in [5, 5.41) is 51.2. The number of amides is 7. The molecule has 1 aliphatic heterocycles. The first kappa shape index (κ1) is 76.4. The number of ether oxygens (including phenoxy) is 3. The number of benzene rings is 1. The predicted octanol–water partition coefficient (Wildman–Crippen LogP) is 3.60. The molecule has 0 saturated carbocycles. The highest BCUT2D eigenvalue weighted by Gasteiger charge is 2.40. The van der Waals surface area contributed by atoms with Crippen molar-refractivity contribution in [3.63, 3.8) is 0 Å². The highest BCUT2D eigenvalue weighted by molar-refractivity contribution is 8.76. The standard InChI is InChI=1S/C59H96N10O16S3/c1-10-37(6)52(65-56(80)47-13-11-12-23-68(47)9)58(81)69(34-84-51(76)27-35(2)3)48(36(4)5)31-49(85-39(8)71)57-64-46(33-86-57)55(79)63-41(29-40-14-16-42(72)17-15-40)28-38(7)53(77)66-67-59(82)83-24-26-88-87-25-22-62-54(78)45(60)18-19-50(75)61-21-20-43(73)30-44(74)32-70/h14-17,33,35-38,41,43-45,47-49,52,70,72-74H,10-13,18-32,34,60H2,1-9H3,(H,61,75)(H,62,78)(H,63,79)(H,65,80)(H,66,77)(H,67,82)/t37?,38-,41+,43+,44-,45-,47+,48+,49?,52-/m0/s1. The maximum absolute atomic E-state index is 15.0. The van der Waals surface area contributed by atoms with Crippen LogP contribution in [0.2, 0.25) is 0 Å². The summed E-state index contributed by atoms with van der Waals surface area (Å²) in [5.74, 6) is -4.42. The zero-order valence-electron chi connectivity index (χ0n) is 52.3. The SMILES string of the molecule is CCC(C)[C@H](NC(=O)[C@H]1CCCCN1C)C(=O)N(COC(=O)CC(C)C)[C@H](CC(OC(C)=O)c1nc(C(=O)N[C@@H](Cc2ccc(O)cc2)C[C@H](C)C(=O)NNC(=O)OCCSSCCNC(=O)[C@@H](N)CCC(=O)NCC[C@@H](O)C[C@H](O)CO)cs1)C(C)C. The van der Waals surface area contributed by atoms with Gasteiger partial charge in [-0.25, -0.2) is 15.2 Å². The first-order chi connectivity index (χ1) is 41.7. The number of nitrogens with one attached hydrogen (secondary N) is 6. The van der Waals surface area contributed by atoms with E-state index in [1.807, 2.05) is 53.5 Å². The summed E-state index contributed by atoms with van der Waals surface area (Å²) in [6, 6.07) is 2.58. The number of likely N-dealkylation sites (tertiary alicyclic amines) is 1. The number of likely N-dealkylation sites (N-methyl/N-ethyl adjacent to an activating group) is 1. The molecular formula is C59H96N10O16S3. The molecule has 1 aromatic heterocycles. The van der Waals surface area contributed by atoms with Gasteiger partial charge in [-0.3, -0.25) is 48.7 Å². The minimum atomic E-state index is -1.08. The van der Waals surface area contributed by atoms with Crippen LogP contribution in [-0.4, -0.2) is 189 Å². The van der Waals surface area contributed by atoms with Crippen molar-refractivity contribution < 1.29 is 77.8 Å². The summed E-state index contributed by atoms with van der Waals surface area (Å²) < 4.78 is 16.9. The monoisotopic (exact) mass is 1300 g/mol. The predicted molar refractivity (Wildman–Crippen MR) is 335 cm³/mol. The molecule has 7 amide bonds. The van der Waals surface area contributed by atoms with Crippen molar-refractivity contribution in [2.24, 2.45) is 29.4 Å². The number of hydrogen-bond acceptors (Lipinski definition) is 22. The van der Waals surface area contributed by atoms with E-state index < -0.39 is 109 Å². The van der Waals surface area contributed by atoms with Crippen LogP contribution < -0.4 is 37.9 Å². The minimum Gasteiger partial charge on any atom is -0.508 e. The number of piperidine rings is 1. The van der Waals surface area contributed by atoms with Gasteiger partial charge in [0.15, 0.2) is 12.8 Å². The third-order valence-corrected chi connectivity index (χ3v) is 18.0. The van der Waals surface area contributed by atoms with Crippen molar-refractivity contribution in [1.29, 1.82) is 0 Å². The molecule has 26 nitrogen and oxygen atoms in total. The molecule has 0 spiro atoms. The average Bonchev–Trinajstić information content (AvgIpc) is 2.96. The second kappa shape index (κ2) is 40.7. The summed E-state index contributed by atoms with van der Waals surface area (Å²) in [5.41, 5.74) is 11.2. The van der Waals surface area contributed by atoms with E-state index in [-0.39, 0.29) is 117 Å². The van der Waals surface area contributed by atoms with Crippen molar-refractivity contribution in [2.75, 3.05) is 58.1 Å². The Labute approximate surface area is 528 Å². The summed E-state index contributed by atoms with van der Waals surface area (Å²) in [4.78, 5) is 127. The van der Waals surface area contributed by atoms with E-state index in [4.69, 9.17) is 25.1 Å². The van der Waals surface area contributed by atoms with Gasteiger partial charge in [0.2, 0.25) is 29.5 Å². The number of nitrogens with two attached hydrogens (primary N) is 1. The third kappa shape index (κ3) is 28.8. The molecule has 29 heteroatoms. The normalized spacial score (nSPS) is 16.5. The molecule has 0 radical (unpaired) electrons. The first-order valence-corrected chi connectivity index (χ1v) is 33.5. The largest absolute Gasteiger partial charge is 0.508 e. The van der Waals surface area contributed by atoms with Crippen LogP contribution in [0.3, 0.4) is 0 Å². The summed E-state index contributed by atoms with van der Waals surface area (Å²) >= 11 is 1.06. The topological polar surface area (TPSA) is 380 Å². The Balaban J connectivity index is 1.62. The lowest BCUT2D eigenvalue weighted by molar-refractivity contribution is -0.161. The van der Waals surface area contributed by atoms with Crippen molar-refractivity contribution in [2.45, 2.75) is 181 Å². The highest BCUT2D eigenvalue weighted by atomic mass is 33.1. The highest BCUT2D eigenvalue weighted by Crippen LogP contribution is 2.32. The summed E-state index contributed by atoms with van der Waals surface area (Å²) in [6.07, 6.45) is -0.260. The number of hydrogen-bond donors (Lipinski definition) is 11. The molecule has 2 heterocycles. The number of aromatic nitrogens is 1. The van der Waals surface area contributed by atoms with Gasteiger partial charge in [0, 0.05) is 80.6 Å². The first-order valence-electron chi connectivity index (χ1n) is 30.1. The maximum Gasteiger partial charge on any atom is 0.426 e. The Morgan fingerprint density at radius 2 is 1.57 bits per heavy atom. The molecule has 1 fully saturated rings. The fourth-order valence-electron chi connectivity index (χ4n) is 9.49. The van der Waals surface area contributed by atoms with Gasteiger partial charge in [0.1, 0.15) is 29.1 Å². The van der Waals surface area contributed by atoms with Crippen molar-refractivity contribution in [3.05, 3.63) is 45.9 Å². The lowest BCUT2D eigenvalue weighted by Crippen LogP contribution is -2.59. The maximum atomic E-state index is 15.0. The van der Waals surface area contributed by atoms with E-state index in [0.717, 1.165) is 36.3 Å². The molecule has 1 aromatic carbocycles. The van der Waals surface area contributed by atoms with Crippen LogP contribution in [0.1, 0.15) is 153 Å².